The van der Waals surface area contributed by atoms with Gasteiger partial charge in [0.1, 0.15) is 5.84 Å². The van der Waals surface area contributed by atoms with Crippen LogP contribution < -0.4 is 20.7 Å². The number of nitrogens with two attached hydrogens (primary N) is 1. The van der Waals surface area contributed by atoms with Crippen LogP contribution in [0.1, 0.15) is 5.56 Å². The van der Waals surface area contributed by atoms with Crippen molar-refractivity contribution >= 4 is 57.1 Å². The first-order chi connectivity index (χ1) is 15.0. The van der Waals surface area contributed by atoms with Crippen molar-refractivity contribution in [1.29, 1.82) is 5.41 Å². The third-order valence-electron chi connectivity index (χ3n) is 4.62. The number of carbonyl (C=O) groups excluding carboxylic acids is 2. The van der Waals surface area contributed by atoms with Crippen LogP contribution in [0.2, 0.25) is 0 Å². The van der Waals surface area contributed by atoms with Crippen LogP contribution in [-0.2, 0) is 24.3 Å². The quantitative estimate of drug-likeness (QED) is 0.273. The molecule has 0 aromatic heterocycles. The number of benzene rings is 2. The van der Waals surface area contributed by atoms with Gasteiger partial charge in [-0.3, -0.25) is 19.7 Å². The zero-order valence-corrected chi connectivity index (χ0v) is 19.2. The molecule has 0 spiro atoms. The third-order valence-corrected chi connectivity index (χ3v) is 5.23. The van der Waals surface area contributed by atoms with Crippen molar-refractivity contribution in [3.8, 4) is 0 Å². The van der Waals surface area contributed by atoms with E-state index >= 15 is 0 Å². The minimum Gasteiger partial charge on any atom is -0.384 e. The number of hydrogen-bond donors (Lipinski definition) is 5. The minimum absolute atomic E-state index is 0. The highest BCUT2D eigenvalue weighted by Gasteiger charge is 2.39. The standard InChI is InChI=1S/C20H23N5O6S.ClH/c1-32(29,30)24-14-6-8-15(9-7-14)25-10-11-31-17(20(25)28)16(26)19(27)23-13-4-2-12(3-5-13)18(21)22;/h2-9,16-17,24,26H,10-11H2,1H3,(H3,21,22)(H,23,27);1H/t16?,17-;/m1./s1. The summed E-state index contributed by atoms with van der Waals surface area (Å²) in [5, 5.41) is 20.3. The van der Waals surface area contributed by atoms with E-state index in [-0.39, 0.29) is 31.4 Å². The Kier molecular flexibility index (Phi) is 8.39. The summed E-state index contributed by atoms with van der Waals surface area (Å²) in [6.45, 7) is 0.298. The van der Waals surface area contributed by atoms with E-state index in [1.54, 1.807) is 12.1 Å². The molecule has 1 unspecified atom stereocenters. The Labute approximate surface area is 196 Å². The summed E-state index contributed by atoms with van der Waals surface area (Å²) in [5.41, 5.74) is 7.02. The molecule has 0 aliphatic carbocycles. The van der Waals surface area contributed by atoms with Gasteiger partial charge in [0, 0.05) is 29.2 Å². The number of carbonyl (C=O) groups is 2. The second kappa shape index (κ2) is 10.6. The molecule has 33 heavy (non-hydrogen) atoms. The highest BCUT2D eigenvalue weighted by Crippen LogP contribution is 2.23. The number of amides is 2. The number of nitrogen functional groups attached to an aromatic ring is 1. The number of ether oxygens (including phenoxy) is 1. The van der Waals surface area contributed by atoms with E-state index in [0.717, 1.165) is 6.26 Å². The fraction of sp³-hybridized carbons (Fsp3) is 0.250. The maximum atomic E-state index is 12.9. The number of sulfonamides is 1. The number of nitrogens with zero attached hydrogens (tertiary/aromatic N) is 1. The van der Waals surface area contributed by atoms with Crippen LogP contribution in [0, 0.1) is 5.41 Å². The van der Waals surface area contributed by atoms with Gasteiger partial charge in [0.2, 0.25) is 10.0 Å². The van der Waals surface area contributed by atoms with Crippen LogP contribution in [0.25, 0.3) is 0 Å². The van der Waals surface area contributed by atoms with Crippen LogP contribution in [0.3, 0.4) is 0 Å². The number of halogens is 1. The molecule has 1 heterocycles. The highest BCUT2D eigenvalue weighted by atomic mass is 35.5. The van der Waals surface area contributed by atoms with Crippen molar-refractivity contribution in [1.82, 2.24) is 0 Å². The van der Waals surface area contributed by atoms with Crippen molar-refractivity contribution < 1.29 is 27.9 Å². The monoisotopic (exact) mass is 497 g/mol. The van der Waals surface area contributed by atoms with Gasteiger partial charge in [-0.25, -0.2) is 8.42 Å². The Bertz CT molecular complexity index is 1120. The summed E-state index contributed by atoms with van der Waals surface area (Å²) in [6.07, 6.45) is -2.14. The Morgan fingerprint density at radius 3 is 2.30 bits per heavy atom. The minimum atomic E-state index is -3.43. The number of nitrogens with one attached hydrogen (secondary N) is 3. The number of anilines is 3. The molecule has 13 heteroatoms. The Morgan fingerprint density at radius 1 is 1.18 bits per heavy atom. The maximum absolute atomic E-state index is 12.9. The van der Waals surface area contributed by atoms with Crippen molar-refractivity contribution in [2.75, 3.05) is 34.3 Å². The average Bonchev–Trinajstić information content (AvgIpc) is 2.73. The van der Waals surface area contributed by atoms with Gasteiger partial charge in [-0.15, -0.1) is 12.4 Å². The van der Waals surface area contributed by atoms with E-state index in [1.165, 1.54) is 41.3 Å². The largest absolute Gasteiger partial charge is 0.384 e. The average molecular weight is 498 g/mol. The zero-order chi connectivity index (χ0) is 23.5. The second-order valence-electron chi connectivity index (χ2n) is 7.13. The Balaban J connectivity index is 0.00000385. The number of aliphatic hydroxyl groups is 1. The molecule has 3 rings (SSSR count). The van der Waals surface area contributed by atoms with E-state index < -0.39 is 34.0 Å². The number of aliphatic hydroxyl groups excluding tert-OH is 1. The zero-order valence-electron chi connectivity index (χ0n) is 17.5. The molecule has 1 fully saturated rings. The van der Waals surface area contributed by atoms with Gasteiger partial charge in [-0.2, -0.15) is 0 Å². The predicted molar refractivity (Wildman–Crippen MR) is 126 cm³/mol. The molecule has 0 radical (unpaired) electrons. The normalized spacial score (nSPS) is 17.0. The van der Waals surface area contributed by atoms with Crippen LogP contribution in [0.5, 0.6) is 0 Å². The van der Waals surface area contributed by atoms with E-state index in [2.05, 4.69) is 10.0 Å². The molecule has 6 N–H and O–H groups in total. The first-order valence-electron chi connectivity index (χ1n) is 9.49. The van der Waals surface area contributed by atoms with Gasteiger partial charge in [-0.1, -0.05) is 0 Å². The van der Waals surface area contributed by atoms with E-state index in [4.69, 9.17) is 15.9 Å². The topological polar surface area (TPSA) is 175 Å². The van der Waals surface area contributed by atoms with Crippen molar-refractivity contribution in [2.24, 2.45) is 5.73 Å². The van der Waals surface area contributed by atoms with Crippen LogP contribution in [0.15, 0.2) is 48.5 Å². The molecule has 0 saturated carbocycles. The molecule has 2 atom stereocenters. The molecule has 2 aromatic carbocycles. The van der Waals surface area contributed by atoms with Crippen molar-refractivity contribution in [2.45, 2.75) is 12.2 Å². The summed E-state index contributed by atoms with van der Waals surface area (Å²) in [7, 11) is -3.43. The molecule has 1 saturated heterocycles. The van der Waals surface area contributed by atoms with Gasteiger partial charge in [0.05, 0.1) is 12.9 Å². The fourth-order valence-electron chi connectivity index (χ4n) is 3.10. The highest BCUT2D eigenvalue weighted by molar-refractivity contribution is 7.92. The summed E-state index contributed by atoms with van der Waals surface area (Å²) in [4.78, 5) is 26.7. The molecule has 2 amide bonds. The molecule has 1 aliphatic heterocycles. The van der Waals surface area contributed by atoms with Gasteiger partial charge in [0.15, 0.2) is 12.2 Å². The van der Waals surface area contributed by atoms with Gasteiger partial charge in [0.25, 0.3) is 11.8 Å². The van der Waals surface area contributed by atoms with E-state index in [9.17, 15) is 23.1 Å². The van der Waals surface area contributed by atoms with Gasteiger partial charge < -0.3 is 25.8 Å². The lowest BCUT2D eigenvalue weighted by Gasteiger charge is -2.34. The number of rotatable bonds is 7. The summed E-state index contributed by atoms with van der Waals surface area (Å²) < 4.78 is 30.3. The van der Waals surface area contributed by atoms with Crippen LogP contribution in [-0.4, -0.2) is 62.8 Å². The molecular formula is C20H24ClN5O6S. The molecule has 178 valence electrons. The number of amidine groups is 1. The van der Waals surface area contributed by atoms with E-state index in [0.29, 0.717) is 22.6 Å². The van der Waals surface area contributed by atoms with Gasteiger partial charge in [-0.05, 0) is 48.5 Å². The van der Waals surface area contributed by atoms with Gasteiger partial charge >= 0.3 is 0 Å². The first-order valence-corrected chi connectivity index (χ1v) is 11.4. The lowest BCUT2D eigenvalue weighted by atomic mass is 10.1. The molecule has 2 aromatic rings. The lowest BCUT2D eigenvalue weighted by Crippen LogP contribution is -2.55. The van der Waals surface area contributed by atoms with Crippen LogP contribution in [0.4, 0.5) is 17.1 Å². The van der Waals surface area contributed by atoms with E-state index in [1.807, 2.05) is 0 Å². The second-order valence-corrected chi connectivity index (χ2v) is 8.88. The maximum Gasteiger partial charge on any atom is 0.259 e. The van der Waals surface area contributed by atoms with Crippen molar-refractivity contribution in [3.05, 3.63) is 54.1 Å². The SMILES string of the molecule is CS(=O)(=O)Nc1ccc(N2CCO[C@H](C(O)C(=O)Nc3ccc(C(=N)N)cc3)C2=O)cc1.Cl. The summed E-state index contributed by atoms with van der Waals surface area (Å²) >= 11 is 0. The molecule has 11 nitrogen and oxygen atoms in total. The third kappa shape index (κ3) is 6.65. The summed E-state index contributed by atoms with van der Waals surface area (Å²) in [6, 6.07) is 12.2. The Hall–Kier alpha value is -3.19. The van der Waals surface area contributed by atoms with Crippen LogP contribution >= 0.6 is 12.4 Å². The number of morpholine rings is 1. The van der Waals surface area contributed by atoms with Crippen molar-refractivity contribution in [3.63, 3.8) is 0 Å². The Morgan fingerprint density at radius 2 is 1.76 bits per heavy atom. The number of hydrogen-bond acceptors (Lipinski definition) is 7. The molecular weight excluding hydrogens is 474 g/mol. The molecule has 1 aliphatic rings. The lowest BCUT2D eigenvalue weighted by molar-refractivity contribution is -0.150. The molecule has 0 bridgehead atoms. The predicted octanol–water partition coefficient (Wildman–Crippen LogP) is 0.495. The first kappa shape index (κ1) is 26.1. The summed E-state index contributed by atoms with van der Waals surface area (Å²) in [5.74, 6) is -1.55. The fourth-order valence-corrected chi connectivity index (χ4v) is 3.66. The smallest absolute Gasteiger partial charge is 0.259 e.